The number of halogens is 2. The Balaban J connectivity index is 2.73. The van der Waals surface area contributed by atoms with E-state index in [1.54, 1.807) is 20.8 Å². The molecule has 0 atom stereocenters. The number of nitrogens with zero attached hydrogens (tertiary/aromatic N) is 1. The maximum Gasteiger partial charge on any atom is 0.419 e. The summed E-state index contributed by atoms with van der Waals surface area (Å²) >= 11 is 5.94. The van der Waals surface area contributed by atoms with Crippen LogP contribution in [0.15, 0.2) is 18.2 Å². The molecule has 0 aliphatic carbocycles. The van der Waals surface area contributed by atoms with Gasteiger partial charge in [-0.2, -0.15) is 0 Å². The first kappa shape index (κ1) is 15.3. The molecule has 0 unspecified atom stereocenters. The van der Waals surface area contributed by atoms with Crippen LogP contribution in [0.1, 0.15) is 31.3 Å². The van der Waals surface area contributed by atoms with E-state index in [2.05, 4.69) is 0 Å². The summed E-state index contributed by atoms with van der Waals surface area (Å²) in [7, 11) is 0. The van der Waals surface area contributed by atoms with Crippen molar-refractivity contribution < 1.29 is 23.8 Å². The van der Waals surface area contributed by atoms with E-state index in [1.165, 1.54) is 6.07 Å². The second kappa shape index (κ2) is 5.04. The van der Waals surface area contributed by atoms with Gasteiger partial charge in [-0.1, -0.05) is 11.6 Å². The number of rotatable bonds is 1. The fourth-order valence-corrected chi connectivity index (χ4v) is 2.22. The Labute approximate surface area is 124 Å². The SMILES string of the molecule is CC(C)(C)OC(=O)n1c(C(=O)O)cc2cc(F)cc(Cl)c21. The topological polar surface area (TPSA) is 68.5 Å². The summed E-state index contributed by atoms with van der Waals surface area (Å²) in [6.07, 6.45) is -0.886. The van der Waals surface area contributed by atoms with Crippen molar-refractivity contribution in [1.29, 1.82) is 0 Å². The molecule has 1 aromatic heterocycles. The largest absolute Gasteiger partial charge is 0.477 e. The average molecular weight is 314 g/mol. The van der Waals surface area contributed by atoms with Crippen LogP contribution in [0.2, 0.25) is 5.02 Å². The predicted octanol–water partition coefficient (Wildman–Crippen LogP) is 3.92. The average Bonchev–Trinajstić information content (AvgIpc) is 2.65. The Hall–Kier alpha value is -2.08. The molecule has 0 bridgehead atoms. The fraction of sp³-hybridized carbons (Fsp3) is 0.286. The Morgan fingerprint density at radius 3 is 2.43 bits per heavy atom. The molecule has 21 heavy (non-hydrogen) atoms. The number of carboxylic acids is 1. The molecular formula is C14H13ClFNO4. The van der Waals surface area contributed by atoms with Gasteiger partial charge >= 0.3 is 12.1 Å². The Kier molecular flexibility index (Phi) is 3.67. The van der Waals surface area contributed by atoms with Crippen LogP contribution in [0.3, 0.4) is 0 Å². The van der Waals surface area contributed by atoms with Gasteiger partial charge in [-0.15, -0.1) is 0 Å². The van der Waals surface area contributed by atoms with Crippen LogP contribution in [0, 0.1) is 5.82 Å². The van der Waals surface area contributed by atoms with Crippen molar-refractivity contribution in [1.82, 2.24) is 4.57 Å². The molecule has 0 spiro atoms. The fourth-order valence-electron chi connectivity index (χ4n) is 1.92. The number of hydrogen-bond donors (Lipinski definition) is 1. The molecule has 2 rings (SSSR count). The number of hydrogen-bond acceptors (Lipinski definition) is 3. The lowest BCUT2D eigenvalue weighted by atomic mass is 10.2. The quantitative estimate of drug-likeness (QED) is 0.866. The third kappa shape index (κ3) is 3.00. The van der Waals surface area contributed by atoms with Crippen LogP contribution in [0.25, 0.3) is 10.9 Å². The highest BCUT2D eigenvalue weighted by Gasteiger charge is 2.26. The normalized spacial score (nSPS) is 11.7. The van der Waals surface area contributed by atoms with E-state index in [4.69, 9.17) is 16.3 Å². The van der Waals surface area contributed by atoms with Gasteiger partial charge in [0, 0.05) is 5.39 Å². The minimum atomic E-state index is -1.34. The van der Waals surface area contributed by atoms with Crippen LogP contribution in [-0.4, -0.2) is 27.3 Å². The molecule has 0 saturated carbocycles. The van der Waals surface area contributed by atoms with Crippen LogP contribution >= 0.6 is 11.6 Å². The first-order valence-electron chi connectivity index (χ1n) is 6.07. The van der Waals surface area contributed by atoms with Crippen LogP contribution in [0.4, 0.5) is 9.18 Å². The van der Waals surface area contributed by atoms with Crippen molar-refractivity contribution in [2.45, 2.75) is 26.4 Å². The monoisotopic (exact) mass is 313 g/mol. The highest BCUT2D eigenvalue weighted by atomic mass is 35.5. The summed E-state index contributed by atoms with van der Waals surface area (Å²) in [4.78, 5) is 23.5. The summed E-state index contributed by atoms with van der Waals surface area (Å²) in [6.45, 7) is 4.95. The Morgan fingerprint density at radius 2 is 1.90 bits per heavy atom. The summed E-state index contributed by atoms with van der Waals surface area (Å²) in [5, 5.41) is 9.35. The standard InChI is InChI=1S/C14H13ClFNO4/c1-14(2,3)21-13(20)17-10(12(18)19)5-7-4-8(16)6-9(15)11(7)17/h4-6H,1-3H3,(H,18,19). The van der Waals surface area contributed by atoms with Gasteiger partial charge in [0.1, 0.15) is 17.1 Å². The maximum absolute atomic E-state index is 13.4. The zero-order valence-corrected chi connectivity index (χ0v) is 12.4. The lowest BCUT2D eigenvalue weighted by Gasteiger charge is -2.20. The molecule has 7 heteroatoms. The summed E-state index contributed by atoms with van der Waals surface area (Å²) < 4.78 is 19.4. The summed E-state index contributed by atoms with van der Waals surface area (Å²) in [5.41, 5.74) is -1.05. The minimum Gasteiger partial charge on any atom is -0.477 e. The molecular weight excluding hydrogens is 301 g/mol. The van der Waals surface area contributed by atoms with E-state index < -0.39 is 23.5 Å². The number of aromatic nitrogens is 1. The molecule has 0 fully saturated rings. The molecule has 1 N–H and O–H groups in total. The van der Waals surface area contributed by atoms with Crippen LogP contribution in [-0.2, 0) is 4.74 Å². The van der Waals surface area contributed by atoms with Crippen molar-refractivity contribution in [3.8, 4) is 0 Å². The second-order valence-corrected chi connectivity index (χ2v) is 5.88. The zero-order valence-electron chi connectivity index (χ0n) is 11.6. The summed E-state index contributed by atoms with van der Waals surface area (Å²) in [5.74, 6) is -1.96. The van der Waals surface area contributed by atoms with E-state index in [9.17, 15) is 19.1 Å². The smallest absolute Gasteiger partial charge is 0.419 e. The molecule has 0 amide bonds. The van der Waals surface area contributed by atoms with Crippen molar-refractivity contribution in [3.05, 3.63) is 34.7 Å². The molecule has 5 nitrogen and oxygen atoms in total. The zero-order chi connectivity index (χ0) is 15.9. The summed E-state index contributed by atoms with van der Waals surface area (Å²) in [6, 6.07) is 3.29. The van der Waals surface area contributed by atoms with Crippen molar-refractivity contribution in [2.75, 3.05) is 0 Å². The third-order valence-electron chi connectivity index (χ3n) is 2.61. The molecule has 0 saturated heterocycles. The highest BCUT2D eigenvalue weighted by molar-refractivity contribution is 6.35. The molecule has 0 aliphatic rings. The molecule has 1 heterocycles. The van der Waals surface area contributed by atoms with Gasteiger partial charge in [-0.25, -0.2) is 18.5 Å². The van der Waals surface area contributed by atoms with Gasteiger partial charge in [-0.05, 0) is 39.0 Å². The van der Waals surface area contributed by atoms with Crippen molar-refractivity contribution >= 4 is 34.6 Å². The van der Waals surface area contributed by atoms with Gasteiger partial charge in [-0.3, -0.25) is 0 Å². The van der Waals surface area contributed by atoms with Crippen LogP contribution < -0.4 is 0 Å². The number of carbonyl (C=O) groups excluding carboxylic acids is 1. The van der Waals surface area contributed by atoms with E-state index in [1.807, 2.05) is 0 Å². The Morgan fingerprint density at radius 1 is 1.29 bits per heavy atom. The molecule has 0 radical (unpaired) electrons. The van der Waals surface area contributed by atoms with Crippen molar-refractivity contribution in [3.63, 3.8) is 0 Å². The third-order valence-corrected chi connectivity index (χ3v) is 2.90. The van der Waals surface area contributed by atoms with Crippen LogP contribution in [0.5, 0.6) is 0 Å². The number of ether oxygens (including phenoxy) is 1. The lowest BCUT2D eigenvalue weighted by Crippen LogP contribution is -2.28. The predicted molar refractivity (Wildman–Crippen MR) is 75.5 cm³/mol. The molecule has 0 aliphatic heterocycles. The van der Waals surface area contributed by atoms with Gasteiger partial charge < -0.3 is 9.84 Å². The minimum absolute atomic E-state index is 0.0663. The molecule has 2 aromatic rings. The number of fused-ring (bicyclic) bond motifs is 1. The van der Waals surface area contributed by atoms with Gasteiger partial charge in [0.25, 0.3) is 0 Å². The first-order valence-corrected chi connectivity index (χ1v) is 6.45. The molecule has 1 aromatic carbocycles. The first-order chi connectivity index (χ1) is 9.60. The van der Waals surface area contributed by atoms with E-state index >= 15 is 0 Å². The number of aromatic carboxylic acids is 1. The number of benzene rings is 1. The number of carboxylic acid groups (broad SMARTS) is 1. The van der Waals surface area contributed by atoms with Crippen molar-refractivity contribution in [2.24, 2.45) is 0 Å². The Bertz CT molecular complexity index is 745. The van der Waals surface area contributed by atoms with Gasteiger partial charge in [0.05, 0.1) is 10.5 Å². The highest BCUT2D eigenvalue weighted by Crippen LogP contribution is 2.29. The van der Waals surface area contributed by atoms with E-state index in [0.29, 0.717) is 0 Å². The molecule has 112 valence electrons. The van der Waals surface area contributed by atoms with E-state index in [0.717, 1.165) is 16.7 Å². The number of carbonyl (C=O) groups is 2. The van der Waals surface area contributed by atoms with E-state index in [-0.39, 0.29) is 21.6 Å². The maximum atomic E-state index is 13.4. The van der Waals surface area contributed by atoms with Gasteiger partial charge in [0.2, 0.25) is 0 Å². The van der Waals surface area contributed by atoms with Gasteiger partial charge in [0.15, 0.2) is 0 Å². The second-order valence-electron chi connectivity index (χ2n) is 5.48. The lowest BCUT2D eigenvalue weighted by molar-refractivity contribution is 0.0513.